The lowest BCUT2D eigenvalue weighted by molar-refractivity contribution is 0.292. The molecule has 22 heavy (non-hydrogen) atoms. The Balaban J connectivity index is 1.78. The van der Waals surface area contributed by atoms with Crippen LogP contribution in [0.3, 0.4) is 0 Å². The average molecular weight is 362 g/mol. The Bertz CT molecular complexity index is 704. The SMILES string of the molecule is Cc1nc2n(c1CN1CCCC1)CCOc1ccc(Br)cc1-2. The lowest BCUT2D eigenvalue weighted by Gasteiger charge is -2.17. The molecule has 0 spiro atoms. The molecular formula is C17H20BrN3O. The zero-order valence-corrected chi connectivity index (χ0v) is 14.4. The van der Waals surface area contributed by atoms with Crippen molar-refractivity contribution in [3.05, 3.63) is 34.1 Å². The van der Waals surface area contributed by atoms with Crippen LogP contribution in [0.2, 0.25) is 0 Å². The standard InChI is InChI=1S/C17H20BrN3O/c1-12-15(11-20-6-2-3-7-20)21-8-9-22-16-5-4-13(18)10-14(16)17(21)19-12/h4-5,10H,2-3,6-9,11H2,1H3. The molecule has 0 aliphatic carbocycles. The molecule has 0 saturated carbocycles. The van der Waals surface area contributed by atoms with Crippen molar-refractivity contribution < 1.29 is 4.74 Å². The zero-order valence-electron chi connectivity index (χ0n) is 12.8. The van der Waals surface area contributed by atoms with Gasteiger partial charge in [0, 0.05) is 11.0 Å². The van der Waals surface area contributed by atoms with Gasteiger partial charge < -0.3 is 9.30 Å². The summed E-state index contributed by atoms with van der Waals surface area (Å²) in [4.78, 5) is 7.40. The molecule has 0 atom stereocenters. The smallest absolute Gasteiger partial charge is 0.144 e. The topological polar surface area (TPSA) is 30.3 Å². The molecule has 5 heteroatoms. The van der Waals surface area contributed by atoms with Crippen LogP contribution in [0.5, 0.6) is 5.75 Å². The van der Waals surface area contributed by atoms with Crippen LogP contribution in [-0.2, 0) is 13.1 Å². The van der Waals surface area contributed by atoms with Gasteiger partial charge in [0.25, 0.3) is 0 Å². The summed E-state index contributed by atoms with van der Waals surface area (Å²) in [6.45, 7) is 7.11. The van der Waals surface area contributed by atoms with E-state index in [9.17, 15) is 0 Å². The second kappa shape index (κ2) is 5.70. The predicted octanol–water partition coefficient (Wildman–Crippen LogP) is 3.61. The third kappa shape index (κ3) is 2.46. The third-order valence-electron chi connectivity index (χ3n) is 4.60. The molecule has 1 aromatic carbocycles. The van der Waals surface area contributed by atoms with Gasteiger partial charge in [-0.3, -0.25) is 4.90 Å². The summed E-state index contributed by atoms with van der Waals surface area (Å²) in [6, 6.07) is 6.16. The number of benzene rings is 1. The highest BCUT2D eigenvalue weighted by Gasteiger charge is 2.23. The van der Waals surface area contributed by atoms with Crippen molar-refractivity contribution in [3.63, 3.8) is 0 Å². The Morgan fingerprint density at radius 3 is 2.86 bits per heavy atom. The van der Waals surface area contributed by atoms with E-state index in [1.54, 1.807) is 0 Å². The Morgan fingerprint density at radius 2 is 2.05 bits per heavy atom. The van der Waals surface area contributed by atoms with Crippen LogP contribution in [0.25, 0.3) is 11.4 Å². The van der Waals surface area contributed by atoms with E-state index in [1.807, 2.05) is 12.1 Å². The molecule has 0 unspecified atom stereocenters. The van der Waals surface area contributed by atoms with Crippen LogP contribution >= 0.6 is 15.9 Å². The molecule has 2 aliphatic rings. The maximum atomic E-state index is 5.91. The fourth-order valence-corrected chi connectivity index (χ4v) is 3.82. The van der Waals surface area contributed by atoms with Gasteiger partial charge in [-0.1, -0.05) is 15.9 Å². The minimum absolute atomic E-state index is 0.699. The summed E-state index contributed by atoms with van der Waals surface area (Å²) in [5.74, 6) is 1.97. The Labute approximate surface area is 139 Å². The van der Waals surface area contributed by atoms with Crippen LogP contribution in [0.4, 0.5) is 0 Å². The molecule has 1 fully saturated rings. The van der Waals surface area contributed by atoms with E-state index in [0.717, 1.165) is 40.4 Å². The molecule has 2 aromatic rings. The first-order valence-electron chi connectivity index (χ1n) is 7.93. The van der Waals surface area contributed by atoms with E-state index in [2.05, 4.69) is 38.4 Å². The Morgan fingerprint density at radius 1 is 1.23 bits per heavy atom. The second-order valence-electron chi connectivity index (χ2n) is 6.09. The van der Waals surface area contributed by atoms with Gasteiger partial charge in [-0.25, -0.2) is 4.98 Å². The third-order valence-corrected chi connectivity index (χ3v) is 5.09. The van der Waals surface area contributed by atoms with Crippen LogP contribution in [-0.4, -0.2) is 34.1 Å². The predicted molar refractivity (Wildman–Crippen MR) is 90.1 cm³/mol. The van der Waals surface area contributed by atoms with E-state index >= 15 is 0 Å². The van der Waals surface area contributed by atoms with Crippen LogP contribution in [0.1, 0.15) is 24.2 Å². The Hall–Kier alpha value is -1.33. The fraction of sp³-hybridized carbons (Fsp3) is 0.471. The summed E-state index contributed by atoms with van der Waals surface area (Å²) in [6.07, 6.45) is 2.64. The second-order valence-corrected chi connectivity index (χ2v) is 7.01. The first-order valence-corrected chi connectivity index (χ1v) is 8.73. The molecule has 1 saturated heterocycles. The van der Waals surface area contributed by atoms with Gasteiger partial charge >= 0.3 is 0 Å². The first-order chi connectivity index (χ1) is 10.7. The van der Waals surface area contributed by atoms with E-state index in [1.165, 1.54) is 31.6 Å². The number of aromatic nitrogens is 2. The molecule has 4 rings (SSSR count). The Kier molecular flexibility index (Phi) is 3.70. The highest BCUT2D eigenvalue weighted by atomic mass is 79.9. The molecule has 116 valence electrons. The van der Waals surface area contributed by atoms with E-state index < -0.39 is 0 Å². The summed E-state index contributed by atoms with van der Waals surface area (Å²) in [7, 11) is 0. The molecule has 0 amide bonds. The largest absolute Gasteiger partial charge is 0.491 e. The van der Waals surface area contributed by atoms with Gasteiger partial charge in [-0.15, -0.1) is 0 Å². The van der Waals surface area contributed by atoms with Gasteiger partial charge in [0.05, 0.1) is 23.5 Å². The number of hydrogen-bond donors (Lipinski definition) is 0. The lowest BCUT2D eigenvalue weighted by Crippen LogP contribution is -2.22. The molecule has 1 aromatic heterocycles. The summed E-state index contributed by atoms with van der Waals surface area (Å²) < 4.78 is 9.33. The number of hydrogen-bond acceptors (Lipinski definition) is 3. The number of ether oxygens (including phenoxy) is 1. The maximum Gasteiger partial charge on any atom is 0.144 e. The van der Waals surface area contributed by atoms with Crippen molar-refractivity contribution in [2.24, 2.45) is 0 Å². The summed E-state index contributed by atoms with van der Waals surface area (Å²) in [5.41, 5.74) is 3.57. The van der Waals surface area contributed by atoms with Crippen molar-refractivity contribution in [3.8, 4) is 17.1 Å². The van der Waals surface area contributed by atoms with Gasteiger partial charge in [-0.05, 0) is 51.1 Å². The number of halogens is 1. The van der Waals surface area contributed by atoms with Crippen molar-refractivity contribution >= 4 is 15.9 Å². The van der Waals surface area contributed by atoms with Gasteiger partial charge in [0.1, 0.15) is 18.2 Å². The average Bonchev–Trinajstić information content (AvgIpc) is 3.07. The highest BCUT2D eigenvalue weighted by Crippen LogP contribution is 2.35. The number of nitrogens with zero attached hydrogens (tertiary/aromatic N) is 3. The fourth-order valence-electron chi connectivity index (χ4n) is 3.46. The van der Waals surface area contributed by atoms with Crippen LogP contribution in [0.15, 0.2) is 22.7 Å². The zero-order chi connectivity index (χ0) is 15.1. The van der Waals surface area contributed by atoms with E-state index in [4.69, 9.17) is 9.72 Å². The van der Waals surface area contributed by atoms with Crippen molar-refractivity contribution in [2.75, 3.05) is 19.7 Å². The number of rotatable bonds is 2. The molecule has 0 N–H and O–H groups in total. The lowest BCUT2D eigenvalue weighted by atomic mass is 10.2. The molecule has 2 aliphatic heterocycles. The van der Waals surface area contributed by atoms with Gasteiger partial charge in [0.15, 0.2) is 0 Å². The molecule has 3 heterocycles. The molecular weight excluding hydrogens is 342 g/mol. The molecule has 4 nitrogen and oxygen atoms in total. The molecule has 0 bridgehead atoms. The van der Waals surface area contributed by atoms with Crippen molar-refractivity contribution in [1.82, 2.24) is 14.5 Å². The van der Waals surface area contributed by atoms with Crippen LogP contribution in [0, 0.1) is 6.92 Å². The molecule has 0 radical (unpaired) electrons. The van der Waals surface area contributed by atoms with Gasteiger partial charge in [-0.2, -0.15) is 0 Å². The number of imidazole rings is 1. The minimum Gasteiger partial charge on any atom is -0.491 e. The number of likely N-dealkylation sites (tertiary alicyclic amines) is 1. The first kappa shape index (κ1) is 14.3. The minimum atomic E-state index is 0.699. The normalized spacial score (nSPS) is 17.7. The summed E-state index contributed by atoms with van der Waals surface area (Å²) >= 11 is 3.56. The van der Waals surface area contributed by atoms with Crippen LogP contribution < -0.4 is 4.74 Å². The van der Waals surface area contributed by atoms with Crippen molar-refractivity contribution in [1.29, 1.82) is 0 Å². The monoisotopic (exact) mass is 361 g/mol. The van der Waals surface area contributed by atoms with Crippen molar-refractivity contribution in [2.45, 2.75) is 32.9 Å². The van der Waals surface area contributed by atoms with E-state index in [-0.39, 0.29) is 0 Å². The highest BCUT2D eigenvalue weighted by molar-refractivity contribution is 9.10. The quantitative estimate of drug-likeness (QED) is 0.818. The van der Waals surface area contributed by atoms with Gasteiger partial charge in [0.2, 0.25) is 0 Å². The summed E-state index contributed by atoms with van der Waals surface area (Å²) in [5, 5.41) is 0. The van der Waals surface area contributed by atoms with E-state index in [0.29, 0.717) is 6.61 Å². The number of aryl methyl sites for hydroxylation is 1. The number of fused-ring (bicyclic) bond motifs is 3. The maximum absolute atomic E-state index is 5.91.